The van der Waals surface area contributed by atoms with Gasteiger partial charge in [-0.2, -0.15) is 0 Å². The third-order valence-corrected chi connectivity index (χ3v) is 5.78. The molecule has 0 aromatic heterocycles. The lowest BCUT2D eigenvalue weighted by atomic mass is 9.61. The van der Waals surface area contributed by atoms with Crippen LogP contribution in [0.5, 0.6) is 5.75 Å². The van der Waals surface area contributed by atoms with E-state index < -0.39 is 0 Å². The van der Waals surface area contributed by atoms with Crippen LogP contribution >= 0.6 is 0 Å². The second kappa shape index (κ2) is 6.21. The number of ether oxygens (including phenoxy) is 1. The molecule has 1 aromatic rings. The molecule has 0 spiro atoms. The van der Waals surface area contributed by atoms with Crippen LogP contribution in [0.25, 0.3) is 6.08 Å². The monoisotopic (exact) mass is 326 g/mol. The van der Waals surface area contributed by atoms with Crippen molar-refractivity contribution in [2.75, 3.05) is 7.11 Å². The van der Waals surface area contributed by atoms with E-state index in [2.05, 4.69) is 6.92 Å². The normalized spacial score (nSPS) is 29.0. The van der Waals surface area contributed by atoms with Crippen LogP contribution < -0.4 is 4.74 Å². The Morgan fingerprint density at radius 1 is 1.33 bits per heavy atom. The number of methoxy groups -OCH3 is 1. The van der Waals surface area contributed by atoms with Crippen LogP contribution in [0.15, 0.2) is 34.9 Å². The number of aryl methyl sites for hydroxylation is 1. The van der Waals surface area contributed by atoms with Crippen molar-refractivity contribution in [1.82, 2.24) is 0 Å². The molecule has 0 radical (unpaired) electrons. The molecule has 2 aliphatic carbocycles. The predicted octanol–water partition coefficient (Wildman–Crippen LogP) is 4.23. The van der Waals surface area contributed by atoms with E-state index in [1.807, 2.05) is 38.1 Å². The first-order valence-corrected chi connectivity index (χ1v) is 8.65. The van der Waals surface area contributed by atoms with Gasteiger partial charge in [-0.05, 0) is 74.4 Å². The summed E-state index contributed by atoms with van der Waals surface area (Å²) in [6, 6.07) is 5.88. The molecule has 1 saturated carbocycles. The van der Waals surface area contributed by atoms with Crippen LogP contribution in [0.3, 0.4) is 0 Å². The summed E-state index contributed by atoms with van der Waals surface area (Å²) >= 11 is 0. The summed E-state index contributed by atoms with van der Waals surface area (Å²) in [6.07, 6.45) is 4.95. The van der Waals surface area contributed by atoms with Gasteiger partial charge >= 0.3 is 0 Å². The van der Waals surface area contributed by atoms with Gasteiger partial charge in [-0.1, -0.05) is 18.6 Å². The van der Waals surface area contributed by atoms with Gasteiger partial charge in [-0.25, -0.2) is 0 Å². The van der Waals surface area contributed by atoms with Gasteiger partial charge in [0, 0.05) is 11.0 Å². The second-order valence-electron chi connectivity index (χ2n) is 7.33. The topological polar surface area (TPSA) is 46.5 Å². The number of Topliss-reactive ketones (excluding diaryl/α,β-unsaturated/α-hetero) is 1. The molecule has 0 bridgehead atoms. The number of carbonyl (C=O) groups excluding carboxylic acids is 1. The number of aliphatic hydroxyl groups excluding tert-OH is 1. The number of aliphatic hydroxyl groups is 1. The fourth-order valence-corrected chi connectivity index (χ4v) is 4.21. The van der Waals surface area contributed by atoms with E-state index in [1.165, 1.54) is 0 Å². The van der Waals surface area contributed by atoms with Crippen molar-refractivity contribution in [1.29, 1.82) is 0 Å². The molecule has 0 aliphatic heterocycles. The van der Waals surface area contributed by atoms with Gasteiger partial charge in [0.25, 0.3) is 0 Å². The molecule has 3 heteroatoms. The third kappa shape index (κ3) is 2.71. The number of carbonyl (C=O) groups is 1. The first-order valence-electron chi connectivity index (χ1n) is 8.65. The van der Waals surface area contributed by atoms with Crippen molar-refractivity contribution >= 4 is 11.9 Å². The molecule has 2 atom stereocenters. The van der Waals surface area contributed by atoms with Gasteiger partial charge in [0.05, 0.1) is 13.2 Å². The summed E-state index contributed by atoms with van der Waals surface area (Å²) in [5.74, 6) is 0.949. The fraction of sp³-hybridized carbons (Fsp3) is 0.476. The number of allylic oxidation sites excluding steroid dienone is 2. The van der Waals surface area contributed by atoms with E-state index >= 15 is 0 Å². The largest absolute Gasteiger partial charge is 0.497 e. The van der Waals surface area contributed by atoms with Crippen LogP contribution in [-0.4, -0.2) is 24.1 Å². The Kier molecular flexibility index (Phi) is 4.39. The van der Waals surface area contributed by atoms with Gasteiger partial charge in [-0.15, -0.1) is 0 Å². The van der Waals surface area contributed by atoms with Crippen molar-refractivity contribution < 1.29 is 14.6 Å². The van der Waals surface area contributed by atoms with Crippen LogP contribution in [0, 0.1) is 12.3 Å². The average molecular weight is 326 g/mol. The summed E-state index contributed by atoms with van der Waals surface area (Å²) in [5.41, 5.74) is 4.60. The quantitative estimate of drug-likeness (QED) is 0.827. The first-order chi connectivity index (χ1) is 11.4. The molecule has 2 aliphatic rings. The van der Waals surface area contributed by atoms with Crippen molar-refractivity contribution in [3.63, 3.8) is 0 Å². The number of rotatable bonds is 2. The maximum Gasteiger partial charge on any atom is 0.184 e. The lowest BCUT2D eigenvalue weighted by molar-refractivity contribution is -0.113. The summed E-state index contributed by atoms with van der Waals surface area (Å²) in [4.78, 5) is 12.8. The highest BCUT2D eigenvalue weighted by Gasteiger charge is 2.45. The number of hydrogen-bond donors (Lipinski definition) is 1. The van der Waals surface area contributed by atoms with Crippen molar-refractivity contribution in [2.45, 2.75) is 52.6 Å². The van der Waals surface area contributed by atoms with E-state index in [1.54, 1.807) is 7.11 Å². The Balaban J connectivity index is 2.04. The Morgan fingerprint density at radius 2 is 2.08 bits per heavy atom. The number of hydrogen-bond acceptors (Lipinski definition) is 3. The van der Waals surface area contributed by atoms with E-state index in [0.717, 1.165) is 52.9 Å². The average Bonchev–Trinajstić information content (AvgIpc) is 2.56. The molecule has 0 saturated heterocycles. The third-order valence-electron chi connectivity index (χ3n) is 5.78. The van der Waals surface area contributed by atoms with E-state index in [4.69, 9.17) is 4.74 Å². The molecule has 128 valence electrons. The zero-order valence-corrected chi connectivity index (χ0v) is 15.0. The molecule has 0 unspecified atom stereocenters. The van der Waals surface area contributed by atoms with Crippen molar-refractivity contribution in [3.8, 4) is 5.75 Å². The minimum Gasteiger partial charge on any atom is -0.497 e. The minimum atomic E-state index is -0.371. The fourth-order valence-electron chi connectivity index (χ4n) is 4.21. The first kappa shape index (κ1) is 17.0. The van der Waals surface area contributed by atoms with Gasteiger partial charge in [-0.3, -0.25) is 4.79 Å². The molecule has 1 fully saturated rings. The zero-order chi connectivity index (χ0) is 17.5. The molecule has 3 rings (SSSR count). The van der Waals surface area contributed by atoms with Gasteiger partial charge in [0.15, 0.2) is 5.78 Å². The molecule has 0 amide bonds. The number of fused-ring (bicyclic) bond motifs is 1. The Bertz CT molecular complexity index is 741. The summed E-state index contributed by atoms with van der Waals surface area (Å²) in [7, 11) is 1.65. The Morgan fingerprint density at radius 3 is 2.75 bits per heavy atom. The minimum absolute atomic E-state index is 0.131. The summed E-state index contributed by atoms with van der Waals surface area (Å²) in [6.45, 7) is 6.05. The van der Waals surface area contributed by atoms with E-state index in [0.29, 0.717) is 6.42 Å². The molecule has 3 nitrogen and oxygen atoms in total. The molecule has 1 aromatic carbocycles. The molecular formula is C21H26O3. The van der Waals surface area contributed by atoms with Gasteiger partial charge < -0.3 is 9.84 Å². The molecular weight excluding hydrogens is 300 g/mol. The standard InChI is InChI=1S/C21H26O3/c1-13-10-17(24-4)9-8-15(13)11-16-12-21(3)18(14(2)20(16)23)6-5-7-19(21)22/h8-11,19,22H,5-7,12H2,1-4H3/b16-11-/t19-,21-/m0/s1. The smallest absolute Gasteiger partial charge is 0.184 e. The second-order valence-corrected chi connectivity index (χ2v) is 7.33. The van der Waals surface area contributed by atoms with E-state index in [9.17, 15) is 9.90 Å². The maximum atomic E-state index is 12.8. The van der Waals surface area contributed by atoms with Gasteiger partial charge in [0.1, 0.15) is 5.75 Å². The molecule has 0 heterocycles. The number of ketones is 1. The highest BCUT2D eigenvalue weighted by Crippen LogP contribution is 2.50. The Labute approximate surface area is 144 Å². The highest BCUT2D eigenvalue weighted by atomic mass is 16.5. The lowest BCUT2D eigenvalue weighted by Crippen LogP contribution is -2.42. The SMILES string of the molecule is COc1ccc(/C=C2/C[C@@]3(C)C(=C(C)C2=O)CCC[C@@H]3O)c(C)c1. The van der Waals surface area contributed by atoms with E-state index in [-0.39, 0.29) is 17.3 Å². The molecule has 1 N–H and O–H groups in total. The van der Waals surface area contributed by atoms with Gasteiger partial charge in [0.2, 0.25) is 0 Å². The predicted molar refractivity (Wildman–Crippen MR) is 96.0 cm³/mol. The van der Waals surface area contributed by atoms with Crippen LogP contribution in [-0.2, 0) is 4.79 Å². The Hall–Kier alpha value is -1.87. The molecule has 24 heavy (non-hydrogen) atoms. The summed E-state index contributed by atoms with van der Waals surface area (Å²) in [5, 5.41) is 10.6. The number of benzene rings is 1. The lowest BCUT2D eigenvalue weighted by Gasteiger charge is -2.45. The van der Waals surface area contributed by atoms with Crippen LogP contribution in [0.1, 0.15) is 50.7 Å². The van der Waals surface area contributed by atoms with Crippen LogP contribution in [0.2, 0.25) is 0 Å². The highest BCUT2D eigenvalue weighted by molar-refractivity contribution is 6.12. The zero-order valence-electron chi connectivity index (χ0n) is 15.0. The van der Waals surface area contributed by atoms with Crippen LogP contribution in [0.4, 0.5) is 0 Å². The maximum absolute atomic E-state index is 12.8. The summed E-state index contributed by atoms with van der Waals surface area (Å²) < 4.78 is 5.25. The van der Waals surface area contributed by atoms with Crippen molar-refractivity contribution in [2.24, 2.45) is 5.41 Å². The van der Waals surface area contributed by atoms with Crippen molar-refractivity contribution in [3.05, 3.63) is 46.0 Å².